The van der Waals surface area contributed by atoms with E-state index in [4.69, 9.17) is 0 Å². The number of aromatic nitrogens is 1. The lowest BCUT2D eigenvalue weighted by Crippen LogP contribution is -2.36. The largest absolute Gasteiger partial charge is 0.479 e. The topological polar surface area (TPSA) is 82.2 Å². The van der Waals surface area contributed by atoms with Gasteiger partial charge in [0.15, 0.2) is 5.78 Å². The number of dihydropyridines is 1. The number of nitrogens with one attached hydrogen (secondary N) is 2. The van der Waals surface area contributed by atoms with Crippen LogP contribution in [0.2, 0.25) is 0 Å². The Morgan fingerprint density at radius 1 is 1.27 bits per heavy atom. The van der Waals surface area contributed by atoms with Crippen LogP contribution in [0, 0.1) is 0 Å². The Morgan fingerprint density at radius 3 is 2.95 bits per heavy atom. The van der Waals surface area contributed by atoms with Crippen LogP contribution in [0.3, 0.4) is 0 Å². The summed E-state index contributed by atoms with van der Waals surface area (Å²) in [6, 6.07) is 5.22. The number of hydrogen-bond donors (Lipinski definition) is 3. The highest BCUT2D eigenvalue weighted by Crippen LogP contribution is 2.32. The van der Waals surface area contributed by atoms with Crippen molar-refractivity contribution in [2.24, 2.45) is 0 Å². The predicted octanol–water partition coefficient (Wildman–Crippen LogP) is 2.01. The first kappa shape index (κ1) is 12.9. The molecule has 3 N–H and O–H groups in total. The number of aryl methyl sites for hydroxylation is 1. The van der Waals surface area contributed by atoms with Gasteiger partial charge in [-0.2, -0.15) is 0 Å². The molecule has 1 aromatic heterocycles. The molecule has 0 radical (unpaired) electrons. The number of benzene rings is 1. The zero-order valence-electron chi connectivity index (χ0n) is 11.7. The van der Waals surface area contributed by atoms with E-state index in [1.165, 1.54) is 6.08 Å². The van der Waals surface area contributed by atoms with Gasteiger partial charge in [0.1, 0.15) is 6.04 Å². The average Bonchev–Trinajstić information content (AvgIpc) is 2.93. The number of H-pyrrole nitrogens is 1. The van der Waals surface area contributed by atoms with Gasteiger partial charge in [0, 0.05) is 34.7 Å². The summed E-state index contributed by atoms with van der Waals surface area (Å²) in [6.45, 7) is 0. The van der Waals surface area contributed by atoms with Crippen molar-refractivity contribution in [2.45, 2.75) is 18.9 Å². The highest BCUT2D eigenvalue weighted by atomic mass is 16.4. The van der Waals surface area contributed by atoms with Crippen LogP contribution >= 0.6 is 0 Å². The van der Waals surface area contributed by atoms with Crippen LogP contribution in [0.4, 0.5) is 0 Å². The maximum Gasteiger partial charge on any atom is 0.330 e. The number of ketones is 1. The lowest BCUT2D eigenvalue weighted by Gasteiger charge is -2.22. The second-order valence-corrected chi connectivity index (χ2v) is 5.61. The van der Waals surface area contributed by atoms with E-state index in [0.29, 0.717) is 24.1 Å². The summed E-state index contributed by atoms with van der Waals surface area (Å²) in [4.78, 5) is 26.7. The minimum atomic E-state index is -0.955. The molecular formula is C17H14N2O3. The molecule has 22 heavy (non-hydrogen) atoms. The van der Waals surface area contributed by atoms with Crippen molar-refractivity contribution >= 4 is 28.4 Å². The Kier molecular flexibility index (Phi) is 2.69. The van der Waals surface area contributed by atoms with E-state index >= 15 is 0 Å². The van der Waals surface area contributed by atoms with E-state index in [1.54, 1.807) is 6.08 Å². The maximum atomic E-state index is 12.3. The third kappa shape index (κ3) is 1.86. The van der Waals surface area contributed by atoms with Crippen molar-refractivity contribution in [1.29, 1.82) is 0 Å². The molecule has 1 aliphatic heterocycles. The van der Waals surface area contributed by atoms with E-state index in [2.05, 4.69) is 10.3 Å². The number of carbonyl (C=O) groups is 2. The van der Waals surface area contributed by atoms with Crippen molar-refractivity contribution in [3.63, 3.8) is 0 Å². The van der Waals surface area contributed by atoms with E-state index in [9.17, 15) is 14.7 Å². The molecule has 0 fully saturated rings. The number of rotatable bonds is 1. The van der Waals surface area contributed by atoms with Crippen LogP contribution < -0.4 is 5.32 Å². The van der Waals surface area contributed by atoms with Gasteiger partial charge in [-0.25, -0.2) is 4.79 Å². The molecule has 1 aliphatic carbocycles. The maximum absolute atomic E-state index is 12.3. The SMILES string of the molecule is O=C1CCc2cc3[nH]ccc3cc2C2=C1C=CC(C(=O)O)N2. The van der Waals surface area contributed by atoms with E-state index in [0.717, 1.165) is 22.0 Å². The molecule has 0 saturated heterocycles. The van der Waals surface area contributed by atoms with Gasteiger partial charge in [-0.3, -0.25) is 4.79 Å². The zero-order valence-corrected chi connectivity index (χ0v) is 11.7. The van der Waals surface area contributed by atoms with Crippen LogP contribution in [-0.4, -0.2) is 27.9 Å². The number of carboxylic acids is 1. The van der Waals surface area contributed by atoms with Gasteiger partial charge < -0.3 is 15.4 Å². The molecule has 5 nitrogen and oxygen atoms in total. The minimum absolute atomic E-state index is 0.0439. The molecule has 4 rings (SSSR count). The Hall–Kier alpha value is -2.82. The van der Waals surface area contributed by atoms with Gasteiger partial charge in [-0.15, -0.1) is 0 Å². The summed E-state index contributed by atoms with van der Waals surface area (Å²) < 4.78 is 0. The predicted molar refractivity (Wildman–Crippen MR) is 82.2 cm³/mol. The second-order valence-electron chi connectivity index (χ2n) is 5.61. The third-order valence-corrected chi connectivity index (χ3v) is 4.26. The molecule has 0 amide bonds. The molecular weight excluding hydrogens is 280 g/mol. The molecule has 0 spiro atoms. The van der Waals surface area contributed by atoms with Crippen LogP contribution in [-0.2, 0) is 16.0 Å². The van der Waals surface area contributed by atoms with Crippen LogP contribution in [0.15, 0.2) is 42.1 Å². The highest BCUT2D eigenvalue weighted by Gasteiger charge is 2.28. The van der Waals surface area contributed by atoms with Crippen molar-refractivity contribution < 1.29 is 14.7 Å². The van der Waals surface area contributed by atoms with Crippen molar-refractivity contribution in [3.8, 4) is 0 Å². The van der Waals surface area contributed by atoms with E-state index in [1.807, 2.05) is 24.4 Å². The number of hydrogen-bond acceptors (Lipinski definition) is 3. The van der Waals surface area contributed by atoms with Crippen molar-refractivity contribution in [1.82, 2.24) is 10.3 Å². The molecule has 1 atom stereocenters. The number of carboxylic acid groups (broad SMARTS) is 1. The summed E-state index contributed by atoms with van der Waals surface area (Å²) in [6.07, 6.45) is 6.13. The molecule has 110 valence electrons. The molecule has 5 heteroatoms. The third-order valence-electron chi connectivity index (χ3n) is 4.26. The zero-order chi connectivity index (χ0) is 15.3. The van der Waals surface area contributed by atoms with Gasteiger partial charge in [0.05, 0.1) is 5.70 Å². The quantitative estimate of drug-likeness (QED) is 0.751. The molecule has 1 aromatic carbocycles. The van der Waals surface area contributed by atoms with Gasteiger partial charge in [0.2, 0.25) is 0 Å². The molecule has 1 unspecified atom stereocenters. The fraction of sp³-hybridized carbons (Fsp3) is 0.176. The Balaban J connectivity index is 1.93. The molecule has 0 bridgehead atoms. The smallest absolute Gasteiger partial charge is 0.330 e. The number of fused-ring (bicyclic) bond motifs is 3. The first-order valence-electron chi connectivity index (χ1n) is 7.19. The van der Waals surface area contributed by atoms with E-state index in [-0.39, 0.29) is 5.78 Å². The molecule has 2 aromatic rings. The van der Waals surface area contributed by atoms with Gasteiger partial charge in [-0.1, -0.05) is 12.2 Å². The Labute approximate surface area is 126 Å². The number of Topliss-reactive ketones (excluding diaryl/α,β-unsaturated/α-hetero) is 1. The number of aliphatic carboxylic acids is 1. The normalized spacial score (nSPS) is 20.4. The summed E-state index contributed by atoms with van der Waals surface area (Å²) in [5.41, 5.74) is 4.21. The minimum Gasteiger partial charge on any atom is -0.479 e. The van der Waals surface area contributed by atoms with Gasteiger partial charge in [0.25, 0.3) is 0 Å². The summed E-state index contributed by atoms with van der Waals surface area (Å²) >= 11 is 0. The second kappa shape index (κ2) is 4.59. The fourth-order valence-corrected chi connectivity index (χ4v) is 3.12. The summed E-state index contributed by atoms with van der Waals surface area (Å²) in [5.74, 6) is -0.911. The highest BCUT2D eigenvalue weighted by molar-refractivity contribution is 6.08. The molecule has 2 heterocycles. The first-order chi connectivity index (χ1) is 10.6. The number of carbonyl (C=O) groups excluding carboxylic acids is 1. The van der Waals surface area contributed by atoms with Crippen LogP contribution in [0.5, 0.6) is 0 Å². The average molecular weight is 294 g/mol. The van der Waals surface area contributed by atoms with Crippen molar-refractivity contribution in [3.05, 3.63) is 53.2 Å². The fourth-order valence-electron chi connectivity index (χ4n) is 3.12. The van der Waals surface area contributed by atoms with Gasteiger partial charge in [-0.05, 0) is 30.2 Å². The summed E-state index contributed by atoms with van der Waals surface area (Å²) in [7, 11) is 0. The van der Waals surface area contributed by atoms with Crippen LogP contribution in [0.25, 0.3) is 16.6 Å². The van der Waals surface area contributed by atoms with Crippen molar-refractivity contribution in [2.75, 3.05) is 0 Å². The molecule has 0 saturated carbocycles. The number of aromatic amines is 1. The standard InChI is InChI=1S/C17H14N2O3/c20-15-4-1-9-8-14-10(5-6-18-14)7-12(9)16-11(15)2-3-13(19-16)17(21)22/h2-3,5-8,13,18-19H,1,4H2,(H,21,22). The lowest BCUT2D eigenvalue weighted by molar-refractivity contribution is -0.137. The molecule has 2 aliphatic rings. The van der Waals surface area contributed by atoms with Gasteiger partial charge >= 0.3 is 5.97 Å². The Bertz CT molecular complexity index is 873. The Morgan fingerprint density at radius 2 is 2.14 bits per heavy atom. The summed E-state index contributed by atoms with van der Waals surface area (Å²) in [5, 5.41) is 13.3. The van der Waals surface area contributed by atoms with Crippen LogP contribution in [0.1, 0.15) is 17.5 Å². The van der Waals surface area contributed by atoms with E-state index < -0.39 is 12.0 Å². The monoisotopic (exact) mass is 294 g/mol. The first-order valence-corrected chi connectivity index (χ1v) is 7.19. The number of allylic oxidation sites excluding steroid dienone is 2. The lowest BCUT2D eigenvalue weighted by atomic mass is 9.96.